The molecule has 0 spiro atoms. The van der Waals surface area contributed by atoms with Crippen LogP contribution in [0.2, 0.25) is 0 Å². The summed E-state index contributed by atoms with van der Waals surface area (Å²) in [5, 5.41) is 0. The van der Waals surface area contributed by atoms with Gasteiger partial charge in [-0.2, -0.15) is 0 Å². The summed E-state index contributed by atoms with van der Waals surface area (Å²) in [7, 11) is 0. The maximum absolute atomic E-state index is 5.69. The van der Waals surface area contributed by atoms with Gasteiger partial charge in [-0.15, -0.1) is 0 Å². The van der Waals surface area contributed by atoms with E-state index in [1.807, 2.05) is 48.5 Å². The number of anilines is 1. The summed E-state index contributed by atoms with van der Waals surface area (Å²) in [4.78, 5) is 0. The number of ether oxygens (including phenoxy) is 1. The van der Waals surface area contributed by atoms with Gasteiger partial charge >= 0.3 is 0 Å². The second-order valence-corrected chi connectivity index (χ2v) is 4.74. The molecule has 2 aromatic carbocycles. The van der Waals surface area contributed by atoms with Crippen LogP contribution in [0, 0.1) is 3.57 Å². The maximum atomic E-state index is 5.69. The van der Waals surface area contributed by atoms with Crippen molar-refractivity contribution in [2.45, 2.75) is 6.61 Å². The molecule has 0 fully saturated rings. The molecule has 0 amide bonds. The van der Waals surface area contributed by atoms with Crippen molar-refractivity contribution in [2.75, 3.05) is 5.73 Å². The van der Waals surface area contributed by atoms with E-state index in [0.717, 1.165) is 17.0 Å². The second kappa shape index (κ2) is 5.21. The van der Waals surface area contributed by atoms with Crippen LogP contribution in [0.3, 0.4) is 0 Å². The first-order chi connectivity index (χ1) is 7.74. The van der Waals surface area contributed by atoms with Gasteiger partial charge in [0, 0.05) is 9.26 Å². The van der Waals surface area contributed by atoms with Crippen LogP contribution in [0.25, 0.3) is 0 Å². The van der Waals surface area contributed by atoms with Gasteiger partial charge in [-0.05, 0) is 58.5 Å². The van der Waals surface area contributed by atoms with Gasteiger partial charge in [-0.1, -0.05) is 18.2 Å². The minimum absolute atomic E-state index is 0.547. The zero-order chi connectivity index (χ0) is 11.4. The second-order valence-electron chi connectivity index (χ2n) is 3.49. The molecule has 2 nitrogen and oxygen atoms in total. The Hall–Kier alpha value is -1.23. The normalized spacial score (nSPS) is 10.1. The highest BCUT2D eigenvalue weighted by atomic mass is 127. The fraction of sp³-hybridized carbons (Fsp3) is 0.0769. The molecule has 0 atom stereocenters. The van der Waals surface area contributed by atoms with Gasteiger partial charge in [0.25, 0.3) is 0 Å². The van der Waals surface area contributed by atoms with Crippen molar-refractivity contribution in [3.63, 3.8) is 0 Å². The van der Waals surface area contributed by atoms with Crippen molar-refractivity contribution in [3.05, 3.63) is 57.7 Å². The zero-order valence-corrected chi connectivity index (χ0v) is 10.8. The Morgan fingerprint density at radius 2 is 1.88 bits per heavy atom. The molecule has 82 valence electrons. The highest BCUT2D eigenvalue weighted by Crippen LogP contribution is 2.16. The van der Waals surface area contributed by atoms with E-state index in [9.17, 15) is 0 Å². The molecular formula is C13H12INO. The van der Waals surface area contributed by atoms with Gasteiger partial charge in [-0.25, -0.2) is 0 Å². The van der Waals surface area contributed by atoms with Crippen molar-refractivity contribution < 1.29 is 4.74 Å². The van der Waals surface area contributed by atoms with Gasteiger partial charge in [0.1, 0.15) is 12.4 Å². The summed E-state index contributed by atoms with van der Waals surface area (Å²) in [6.45, 7) is 0.547. The molecule has 0 aliphatic rings. The van der Waals surface area contributed by atoms with Crippen molar-refractivity contribution in [2.24, 2.45) is 0 Å². The van der Waals surface area contributed by atoms with Gasteiger partial charge in [0.15, 0.2) is 0 Å². The Kier molecular flexibility index (Phi) is 3.66. The summed E-state index contributed by atoms with van der Waals surface area (Å²) >= 11 is 2.27. The summed E-state index contributed by atoms with van der Waals surface area (Å²) in [5.41, 5.74) is 7.54. The van der Waals surface area contributed by atoms with Crippen LogP contribution in [0.15, 0.2) is 48.5 Å². The van der Waals surface area contributed by atoms with Crippen LogP contribution >= 0.6 is 22.6 Å². The minimum atomic E-state index is 0.547. The predicted octanol–water partition coefficient (Wildman–Crippen LogP) is 3.45. The summed E-state index contributed by atoms with van der Waals surface area (Å²) in [6.07, 6.45) is 0. The fourth-order valence-corrected chi connectivity index (χ4v) is 1.92. The summed E-state index contributed by atoms with van der Waals surface area (Å²) in [6, 6.07) is 15.7. The third-order valence-electron chi connectivity index (χ3n) is 2.15. The number of nitrogen functional groups attached to an aromatic ring is 1. The quantitative estimate of drug-likeness (QED) is 0.693. The van der Waals surface area contributed by atoms with Crippen molar-refractivity contribution in [3.8, 4) is 5.75 Å². The molecule has 0 saturated heterocycles. The molecule has 0 radical (unpaired) electrons. The highest BCUT2D eigenvalue weighted by Gasteiger charge is 1.97. The standard InChI is InChI=1S/C13H12INO/c14-11-4-2-6-13(8-11)16-9-10-3-1-5-12(15)7-10/h1-8H,9,15H2. The molecule has 2 aromatic rings. The lowest BCUT2D eigenvalue weighted by atomic mass is 10.2. The first kappa shape index (κ1) is 11.3. The van der Waals surface area contributed by atoms with Crippen LogP contribution in [0.4, 0.5) is 5.69 Å². The average molecular weight is 325 g/mol. The number of halogens is 1. The van der Waals surface area contributed by atoms with Crippen molar-refractivity contribution >= 4 is 28.3 Å². The lowest BCUT2D eigenvalue weighted by Gasteiger charge is -2.07. The molecule has 0 unspecified atom stereocenters. The number of hydrogen-bond donors (Lipinski definition) is 1. The van der Waals surface area contributed by atoms with E-state index in [1.165, 1.54) is 3.57 Å². The molecular weight excluding hydrogens is 313 g/mol. The molecule has 0 aliphatic carbocycles. The Morgan fingerprint density at radius 3 is 2.62 bits per heavy atom. The first-order valence-corrected chi connectivity index (χ1v) is 6.05. The van der Waals surface area contributed by atoms with E-state index >= 15 is 0 Å². The topological polar surface area (TPSA) is 35.2 Å². The maximum Gasteiger partial charge on any atom is 0.120 e. The monoisotopic (exact) mass is 325 g/mol. The predicted molar refractivity (Wildman–Crippen MR) is 74.3 cm³/mol. The van der Waals surface area contributed by atoms with E-state index in [4.69, 9.17) is 10.5 Å². The summed E-state index contributed by atoms with van der Waals surface area (Å²) < 4.78 is 6.84. The smallest absolute Gasteiger partial charge is 0.120 e. The Bertz CT molecular complexity index is 439. The van der Waals surface area contributed by atoms with Gasteiger partial charge in [-0.3, -0.25) is 0 Å². The number of rotatable bonds is 3. The lowest BCUT2D eigenvalue weighted by Crippen LogP contribution is -1.96. The van der Waals surface area contributed by atoms with Gasteiger partial charge in [0.2, 0.25) is 0 Å². The number of hydrogen-bond acceptors (Lipinski definition) is 2. The van der Waals surface area contributed by atoms with E-state index in [-0.39, 0.29) is 0 Å². The van der Waals surface area contributed by atoms with Crippen molar-refractivity contribution in [1.82, 2.24) is 0 Å². The Balaban J connectivity index is 2.02. The van der Waals surface area contributed by atoms with Gasteiger partial charge < -0.3 is 10.5 Å². The largest absolute Gasteiger partial charge is 0.489 e. The molecule has 0 aromatic heterocycles. The molecule has 2 N–H and O–H groups in total. The average Bonchev–Trinajstić information content (AvgIpc) is 2.27. The first-order valence-electron chi connectivity index (χ1n) is 4.97. The molecule has 0 saturated carbocycles. The SMILES string of the molecule is Nc1cccc(COc2cccc(I)c2)c1. The Morgan fingerprint density at radius 1 is 1.06 bits per heavy atom. The van der Waals surface area contributed by atoms with Crippen LogP contribution in [0.1, 0.15) is 5.56 Å². The summed E-state index contributed by atoms with van der Waals surface area (Å²) in [5.74, 6) is 0.884. The minimum Gasteiger partial charge on any atom is -0.489 e. The molecule has 0 heterocycles. The third-order valence-corrected chi connectivity index (χ3v) is 2.82. The van der Waals surface area contributed by atoms with E-state index in [1.54, 1.807) is 0 Å². The van der Waals surface area contributed by atoms with Crippen LogP contribution < -0.4 is 10.5 Å². The third kappa shape index (κ3) is 3.13. The van der Waals surface area contributed by atoms with Crippen LogP contribution in [-0.2, 0) is 6.61 Å². The van der Waals surface area contributed by atoms with Crippen LogP contribution in [0.5, 0.6) is 5.75 Å². The van der Waals surface area contributed by atoms with Crippen LogP contribution in [-0.4, -0.2) is 0 Å². The highest BCUT2D eigenvalue weighted by molar-refractivity contribution is 14.1. The van der Waals surface area contributed by atoms with E-state index in [0.29, 0.717) is 6.61 Å². The zero-order valence-electron chi connectivity index (χ0n) is 8.69. The van der Waals surface area contributed by atoms with Crippen molar-refractivity contribution in [1.29, 1.82) is 0 Å². The van der Waals surface area contributed by atoms with Gasteiger partial charge in [0.05, 0.1) is 0 Å². The molecule has 0 bridgehead atoms. The molecule has 3 heteroatoms. The van der Waals surface area contributed by atoms with E-state index in [2.05, 4.69) is 22.6 Å². The fourth-order valence-electron chi connectivity index (χ4n) is 1.41. The molecule has 16 heavy (non-hydrogen) atoms. The number of nitrogens with two attached hydrogens (primary N) is 1. The number of benzene rings is 2. The molecule has 2 rings (SSSR count). The molecule has 0 aliphatic heterocycles. The Labute approximate surface area is 109 Å². The lowest BCUT2D eigenvalue weighted by molar-refractivity contribution is 0.306. The van der Waals surface area contributed by atoms with E-state index < -0.39 is 0 Å².